The number of carbonyl (C=O) groups is 1. The minimum atomic E-state index is 0.327. The van der Waals surface area contributed by atoms with Gasteiger partial charge in [-0.3, -0.25) is 4.79 Å². The van der Waals surface area contributed by atoms with Gasteiger partial charge in [-0.05, 0) is 51.4 Å². The first-order valence-corrected chi connectivity index (χ1v) is 6.78. The third-order valence-electron chi connectivity index (χ3n) is 4.07. The highest BCUT2D eigenvalue weighted by Gasteiger charge is 2.24. The Morgan fingerprint density at radius 3 is 2.82 bits per heavy atom. The fraction of sp³-hybridized carbons (Fsp3) is 0.923. The number of rotatable bonds is 4. The summed E-state index contributed by atoms with van der Waals surface area (Å²) < 4.78 is 0. The van der Waals surface area contributed by atoms with Gasteiger partial charge in [-0.1, -0.05) is 0 Å². The molecule has 0 radical (unpaired) electrons. The molecule has 0 aromatic rings. The summed E-state index contributed by atoms with van der Waals surface area (Å²) in [6.45, 7) is 5.35. The van der Waals surface area contributed by atoms with Crippen LogP contribution in [-0.4, -0.2) is 62.5 Å². The summed E-state index contributed by atoms with van der Waals surface area (Å²) >= 11 is 0. The molecule has 2 aliphatic heterocycles. The summed E-state index contributed by atoms with van der Waals surface area (Å²) in [6, 6.07) is 0. The molecule has 1 amide bonds. The van der Waals surface area contributed by atoms with Gasteiger partial charge in [0.15, 0.2) is 0 Å². The highest BCUT2D eigenvalue weighted by molar-refractivity contribution is 5.76. The molecular formula is C13H25N3O. The molecule has 17 heavy (non-hydrogen) atoms. The number of nitrogens with zero attached hydrogens (tertiary/aromatic N) is 2. The molecule has 2 heterocycles. The number of amides is 1. The summed E-state index contributed by atoms with van der Waals surface area (Å²) in [7, 11) is 4.12. The van der Waals surface area contributed by atoms with Gasteiger partial charge in [0.2, 0.25) is 5.91 Å². The quantitative estimate of drug-likeness (QED) is 0.771. The van der Waals surface area contributed by atoms with Gasteiger partial charge in [0.05, 0.1) is 0 Å². The molecular weight excluding hydrogens is 214 g/mol. The maximum atomic E-state index is 12.1. The standard InChI is InChI=1S/C13H25N3O/c1-15-6-4-12(9-15)10-16(2)13(17)7-11-3-5-14-8-11/h11-12,14H,3-10H2,1-2H3. The van der Waals surface area contributed by atoms with E-state index < -0.39 is 0 Å². The van der Waals surface area contributed by atoms with Crippen LogP contribution in [0.15, 0.2) is 0 Å². The molecule has 4 heteroatoms. The van der Waals surface area contributed by atoms with Crippen molar-refractivity contribution in [2.45, 2.75) is 19.3 Å². The highest BCUT2D eigenvalue weighted by atomic mass is 16.2. The SMILES string of the molecule is CN1CCC(CN(C)C(=O)CC2CCNC2)C1. The van der Waals surface area contributed by atoms with Crippen LogP contribution in [0.2, 0.25) is 0 Å². The van der Waals surface area contributed by atoms with Crippen molar-refractivity contribution >= 4 is 5.91 Å². The molecule has 2 fully saturated rings. The van der Waals surface area contributed by atoms with Gasteiger partial charge in [0.1, 0.15) is 0 Å². The molecule has 0 aromatic heterocycles. The number of likely N-dealkylation sites (tertiary alicyclic amines) is 1. The number of carbonyl (C=O) groups excluding carboxylic acids is 1. The van der Waals surface area contributed by atoms with E-state index in [1.54, 1.807) is 0 Å². The largest absolute Gasteiger partial charge is 0.345 e. The van der Waals surface area contributed by atoms with Crippen molar-refractivity contribution in [2.24, 2.45) is 11.8 Å². The lowest BCUT2D eigenvalue weighted by atomic mass is 10.0. The van der Waals surface area contributed by atoms with Crippen LogP contribution in [0, 0.1) is 11.8 Å². The number of hydrogen-bond donors (Lipinski definition) is 1. The molecule has 98 valence electrons. The maximum Gasteiger partial charge on any atom is 0.222 e. The zero-order valence-electron chi connectivity index (χ0n) is 11.1. The van der Waals surface area contributed by atoms with Crippen molar-refractivity contribution in [3.63, 3.8) is 0 Å². The molecule has 0 bridgehead atoms. The van der Waals surface area contributed by atoms with Gasteiger partial charge < -0.3 is 15.1 Å². The van der Waals surface area contributed by atoms with Crippen molar-refractivity contribution < 1.29 is 4.79 Å². The first-order valence-electron chi connectivity index (χ1n) is 6.78. The topological polar surface area (TPSA) is 35.6 Å². The van der Waals surface area contributed by atoms with E-state index in [1.807, 2.05) is 11.9 Å². The Morgan fingerprint density at radius 2 is 2.24 bits per heavy atom. The van der Waals surface area contributed by atoms with Gasteiger partial charge in [-0.2, -0.15) is 0 Å². The van der Waals surface area contributed by atoms with Crippen LogP contribution in [0.1, 0.15) is 19.3 Å². The summed E-state index contributed by atoms with van der Waals surface area (Å²) in [5.41, 5.74) is 0. The number of nitrogens with one attached hydrogen (secondary N) is 1. The van der Waals surface area contributed by atoms with Gasteiger partial charge in [0, 0.05) is 26.6 Å². The van der Waals surface area contributed by atoms with Crippen LogP contribution in [0.3, 0.4) is 0 Å². The zero-order chi connectivity index (χ0) is 12.3. The van der Waals surface area contributed by atoms with Crippen molar-refractivity contribution in [3.05, 3.63) is 0 Å². The monoisotopic (exact) mass is 239 g/mol. The van der Waals surface area contributed by atoms with E-state index in [2.05, 4.69) is 17.3 Å². The van der Waals surface area contributed by atoms with Crippen LogP contribution in [0.5, 0.6) is 0 Å². The minimum absolute atomic E-state index is 0.327. The molecule has 0 aromatic carbocycles. The second-order valence-corrected chi connectivity index (χ2v) is 5.75. The maximum absolute atomic E-state index is 12.1. The third kappa shape index (κ3) is 3.68. The van der Waals surface area contributed by atoms with E-state index in [4.69, 9.17) is 0 Å². The Kier molecular flexibility index (Phi) is 4.40. The molecule has 0 saturated carbocycles. The Labute approximate surface area is 104 Å². The van der Waals surface area contributed by atoms with E-state index in [-0.39, 0.29) is 0 Å². The van der Waals surface area contributed by atoms with Crippen LogP contribution in [-0.2, 0) is 4.79 Å². The minimum Gasteiger partial charge on any atom is -0.345 e. The molecule has 2 unspecified atom stereocenters. The van der Waals surface area contributed by atoms with E-state index >= 15 is 0 Å². The lowest BCUT2D eigenvalue weighted by molar-refractivity contribution is -0.131. The van der Waals surface area contributed by atoms with Gasteiger partial charge in [-0.25, -0.2) is 0 Å². The van der Waals surface area contributed by atoms with Crippen LogP contribution < -0.4 is 5.32 Å². The molecule has 2 rings (SSSR count). The molecule has 2 aliphatic rings. The Morgan fingerprint density at radius 1 is 1.41 bits per heavy atom. The summed E-state index contributed by atoms with van der Waals surface area (Å²) in [4.78, 5) is 16.4. The predicted octanol–water partition coefficient (Wildman–Crippen LogP) is 0.396. The van der Waals surface area contributed by atoms with E-state index in [0.717, 1.165) is 39.0 Å². The molecule has 2 saturated heterocycles. The van der Waals surface area contributed by atoms with E-state index in [9.17, 15) is 4.79 Å². The lowest BCUT2D eigenvalue weighted by Gasteiger charge is -2.22. The first kappa shape index (κ1) is 12.8. The second kappa shape index (κ2) is 5.83. The normalized spacial score (nSPS) is 29.8. The number of hydrogen-bond acceptors (Lipinski definition) is 3. The van der Waals surface area contributed by atoms with Crippen LogP contribution >= 0.6 is 0 Å². The van der Waals surface area contributed by atoms with Gasteiger partial charge >= 0.3 is 0 Å². The first-order chi connectivity index (χ1) is 8.15. The third-order valence-corrected chi connectivity index (χ3v) is 4.07. The van der Waals surface area contributed by atoms with E-state index in [0.29, 0.717) is 17.7 Å². The van der Waals surface area contributed by atoms with Crippen molar-refractivity contribution in [3.8, 4) is 0 Å². The Hall–Kier alpha value is -0.610. The fourth-order valence-corrected chi connectivity index (χ4v) is 2.96. The second-order valence-electron chi connectivity index (χ2n) is 5.75. The predicted molar refractivity (Wildman–Crippen MR) is 68.8 cm³/mol. The average molecular weight is 239 g/mol. The van der Waals surface area contributed by atoms with E-state index in [1.165, 1.54) is 13.0 Å². The van der Waals surface area contributed by atoms with Crippen LogP contribution in [0.25, 0.3) is 0 Å². The average Bonchev–Trinajstić information content (AvgIpc) is 2.90. The Bertz CT molecular complexity index is 263. The van der Waals surface area contributed by atoms with Crippen molar-refractivity contribution in [1.29, 1.82) is 0 Å². The van der Waals surface area contributed by atoms with Crippen LogP contribution in [0.4, 0.5) is 0 Å². The summed E-state index contributed by atoms with van der Waals surface area (Å²) in [6.07, 6.45) is 3.12. The molecule has 0 aliphatic carbocycles. The molecule has 0 spiro atoms. The highest BCUT2D eigenvalue weighted by Crippen LogP contribution is 2.17. The lowest BCUT2D eigenvalue weighted by Crippen LogP contribution is -2.34. The molecule has 4 nitrogen and oxygen atoms in total. The smallest absolute Gasteiger partial charge is 0.222 e. The van der Waals surface area contributed by atoms with Crippen molar-refractivity contribution in [2.75, 3.05) is 46.8 Å². The molecule has 1 N–H and O–H groups in total. The van der Waals surface area contributed by atoms with Crippen molar-refractivity contribution in [1.82, 2.24) is 15.1 Å². The molecule has 2 atom stereocenters. The Balaban J connectivity index is 1.71. The zero-order valence-corrected chi connectivity index (χ0v) is 11.1. The summed E-state index contributed by atoms with van der Waals surface area (Å²) in [5.74, 6) is 1.57. The summed E-state index contributed by atoms with van der Waals surface area (Å²) in [5, 5.41) is 3.32. The van der Waals surface area contributed by atoms with Gasteiger partial charge in [0.25, 0.3) is 0 Å². The fourth-order valence-electron chi connectivity index (χ4n) is 2.96. The van der Waals surface area contributed by atoms with Gasteiger partial charge in [-0.15, -0.1) is 0 Å².